The van der Waals surface area contributed by atoms with E-state index in [-0.39, 0.29) is 28.3 Å². The van der Waals surface area contributed by atoms with Crippen LogP contribution in [0.2, 0.25) is 0 Å². The molecule has 0 saturated carbocycles. The molecule has 5 nitrogen and oxygen atoms in total. The highest BCUT2D eigenvalue weighted by molar-refractivity contribution is 7.90. The molecule has 9 heteroatoms. The molecule has 2 aromatic rings. The van der Waals surface area contributed by atoms with Gasteiger partial charge < -0.3 is 9.84 Å². The SMILES string of the molecule is CC[C@H](O)Oc1c(-c2ccc(C(F)(F)F)cn2)cccc1S(C)(=O)=O. The van der Waals surface area contributed by atoms with Crippen LogP contribution in [-0.4, -0.2) is 31.1 Å². The van der Waals surface area contributed by atoms with Gasteiger partial charge in [-0.2, -0.15) is 13.2 Å². The van der Waals surface area contributed by atoms with Crippen molar-refractivity contribution in [1.82, 2.24) is 4.98 Å². The summed E-state index contributed by atoms with van der Waals surface area (Å²) in [4.78, 5) is 3.57. The molecule has 0 saturated heterocycles. The van der Waals surface area contributed by atoms with Crippen LogP contribution in [0.1, 0.15) is 18.9 Å². The first kappa shape index (κ1) is 19.2. The van der Waals surface area contributed by atoms with Crippen molar-refractivity contribution in [3.05, 3.63) is 42.1 Å². The van der Waals surface area contributed by atoms with Crippen molar-refractivity contribution in [3.8, 4) is 17.0 Å². The van der Waals surface area contributed by atoms with Gasteiger partial charge in [0.2, 0.25) is 0 Å². The van der Waals surface area contributed by atoms with Gasteiger partial charge in [0.1, 0.15) is 4.90 Å². The molecule has 1 aromatic carbocycles. The Morgan fingerprint density at radius 3 is 2.40 bits per heavy atom. The Kier molecular flexibility index (Phi) is 5.38. The van der Waals surface area contributed by atoms with E-state index < -0.39 is 27.9 Å². The van der Waals surface area contributed by atoms with Crippen LogP contribution in [-0.2, 0) is 16.0 Å². The first-order chi connectivity index (χ1) is 11.5. The summed E-state index contributed by atoms with van der Waals surface area (Å²) in [5, 5.41) is 9.74. The Balaban J connectivity index is 2.60. The maximum Gasteiger partial charge on any atom is 0.417 e. The number of alkyl halides is 3. The lowest BCUT2D eigenvalue weighted by atomic mass is 10.1. The lowest BCUT2D eigenvalue weighted by molar-refractivity contribution is -0.137. The number of hydrogen-bond donors (Lipinski definition) is 1. The van der Waals surface area contributed by atoms with Crippen molar-refractivity contribution in [1.29, 1.82) is 0 Å². The van der Waals surface area contributed by atoms with E-state index in [9.17, 15) is 26.7 Å². The van der Waals surface area contributed by atoms with Crippen LogP contribution in [0.4, 0.5) is 13.2 Å². The van der Waals surface area contributed by atoms with Gasteiger partial charge in [-0.15, -0.1) is 0 Å². The predicted octanol–water partition coefficient (Wildman–Crippen LogP) is 3.28. The summed E-state index contributed by atoms with van der Waals surface area (Å²) in [6.07, 6.45) is -3.98. The Morgan fingerprint density at radius 2 is 1.92 bits per heavy atom. The molecule has 0 spiro atoms. The van der Waals surface area contributed by atoms with Gasteiger partial charge in [-0.3, -0.25) is 4.98 Å². The van der Waals surface area contributed by atoms with E-state index in [2.05, 4.69) is 4.98 Å². The smallest absolute Gasteiger partial charge is 0.417 e. The molecular formula is C16H16F3NO4S. The number of halogens is 3. The monoisotopic (exact) mass is 375 g/mol. The average Bonchev–Trinajstić information content (AvgIpc) is 2.53. The summed E-state index contributed by atoms with van der Waals surface area (Å²) < 4.78 is 67.2. The van der Waals surface area contributed by atoms with E-state index in [0.29, 0.717) is 6.20 Å². The predicted molar refractivity (Wildman–Crippen MR) is 84.7 cm³/mol. The van der Waals surface area contributed by atoms with Gasteiger partial charge in [-0.25, -0.2) is 8.42 Å². The van der Waals surface area contributed by atoms with Crippen LogP contribution in [0.3, 0.4) is 0 Å². The number of sulfone groups is 1. The molecule has 0 aliphatic carbocycles. The second-order valence-corrected chi connectivity index (χ2v) is 7.30. The van der Waals surface area contributed by atoms with E-state index in [4.69, 9.17) is 4.74 Å². The molecular weight excluding hydrogens is 359 g/mol. The van der Waals surface area contributed by atoms with Crippen molar-refractivity contribution >= 4 is 9.84 Å². The molecule has 136 valence electrons. The molecule has 1 N–H and O–H groups in total. The number of rotatable bonds is 5. The Labute approximate surface area is 143 Å². The van der Waals surface area contributed by atoms with E-state index in [1.54, 1.807) is 6.92 Å². The summed E-state index contributed by atoms with van der Waals surface area (Å²) in [7, 11) is -3.69. The molecule has 0 bridgehead atoms. The largest absolute Gasteiger partial charge is 0.463 e. The summed E-state index contributed by atoms with van der Waals surface area (Å²) in [6.45, 7) is 1.63. The lowest BCUT2D eigenvalue weighted by Crippen LogP contribution is -2.16. The van der Waals surface area contributed by atoms with Gasteiger partial charge in [-0.1, -0.05) is 13.0 Å². The number of hydrogen-bond acceptors (Lipinski definition) is 5. The van der Waals surface area contributed by atoms with Gasteiger partial charge in [0.15, 0.2) is 21.9 Å². The number of aliphatic hydroxyl groups is 1. The average molecular weight is 375 g/mol. The second-order valence-electron chi connectivity index (χ2n) is 5.32. The maximum atomic E-state index is 12.7. The minimum atomic E-state index is -4.53. The maximum absolute atomic E-state index is 12.7. The fourth-order valence-electron chi connectivity index (χ4n) is 2.07. The number of benzene rings is 1. The van der Waals surface area contributed by atoms with E-state index in [1.165, 1.54) is 18.2 Å². The molecule has 2 rings (SSSR count). The molecule has 0 radical (unpaired) electrons. The van der Waals surface area contributed by atoms with Crippen molar-refractivity contribution in [2.45, 2.75) is 30.7 Å². The molecule has 1 heterocycles. The highest BCUT2D eigenvalue weighted by Gasteiger charge is 2.31. The zero-order valence-corrected chi connectivity index (χ0v) is 14.2. The van der Waals surface area contributed by atoms with E-state index in [1.807, 2.05) is 0 Å². The lowest BCUT2D eigenvalue weighted by Gasteiger charge is -2.18. The van der Waals surface area contributed by atoms with Gasteiger partial charge >= 0.3 is 6.18 Å². The van der Waals surface area contributed by atoms with E-state index in [0.717, 1.165) is 18.4 Å². The van der Waals surface area contributed by atoms with Crippen molar-refractivity contribution in [2.24, 2.45) is 0 Å². The number of aromatic nitrogens is 1. The standard InChI is InChI=1S/C16H16F3NO4S/c1-3-14(21)24-15-11(5-4-6-13(15)25(2,22)23)12-8-7-10(9-20-12)16(17,18)19/h4-9,14,21H,3H2,1-2H3/t14-/m1/s1. The molecule has 1 aromatic heterocycles. The second kappa shape index (κ2) is 7.01. The highest BCUT2D eigenvalue weighted by Crippen LogP contribution is 2.37. The minimum absolute atomic E-state index is 0.0943. The third kappa shape index (κ3) is 4.49. The number of aliphatic hydroxyl groups excluding tert-OH is 1. The fraction of sp³-hybridized carbons (Fsp3) is 0.312. The number of ether oxygens (including phenoxy) is 1. The zero-order valence-electron chi connectivity index (χ0n) is 13.4. The molecule has 0 amide bonds. The molecule has 25 heavy (non-hydrogen) atoms. The first-order valence-electron chi connectivity index (χ1n) is 7.25. The van der Waals surface area contributed by atoms with Gasteiger partial charge in [0, 0.05) is 24.4 Å². The van der Waals surface area contributed by atoms with Gasteiger partial charge in [0.05, 0.1) is 11.3 Å². The Bertz CT molecular complexity index is 849. The molecule has 0 fully saturated rings. The Hall–Kier alpha value is -2.13. The zero-order chi connectivity index (χ0) is 18.8. The summed E-state index contributed by atoms with van der Waals surface area (Å²) in [5.41, 5.74) is -0.660. The number of pyridine rings is 1. The molecule has 0 aliphatic heterocycles. The van der Waals surface area contributed by atoms with Crippen LogP contribution < -0.4 is 4.74 Å². The minimum Gasteiger partial charge on any atom is -0.463 e. The third-order valence-corrected chi connectivity index (χ3v) is 4.47. The van der Waals surface area contributed by atoms with Gasteiger partial charge in [0.25, 0.3) is 0 Å². The summed E-state index contributed by atoms with van der Waals surface area (Å²) in [6, 6.07) is 6.14. The van der Waals surface area contributed by atoms with E-state index >= 15 is 0 Å². The number of nitrogens with zero attached hydrogens (tertiary/aromatic N) is 1. The topological polar surface area (TPSA) is 76.5 Å². The highest BCUT2D eigenvalue weighted by atomic mass is 32.2. The van der Waals surface area contributed by atoms with Gasteiger partial charge in [-0.05, 0) is 24.3 Å². The van der Waals surface area contributed by atoms with Crippen molar-refractivity contribution in [2.75, 3.05) is 6.26 Å². The van der Waals surface area contributed by atoms with Crippen LogP contribution in [0, 0.1) is 0 Å². The third-order valence-electron chi connectivity index (χ3n) is 3.35. The quantitative estimate of drug-likeness (QED) is 0.812. The normalized spacial score (nSPS) is 13.5. The van der Waals surface area contributed by atoms with Crippen LogP contribution in [0.15, 0.2) is 41.4 Å². The van der Waals surface area contributed by atoms with Crippen molar-refractivity contribution < 1.29 is 31.4 Å². The van der Waals surface area contributed by atoms with Crippen LogP contribution in [0.25, 0.3) is 11.3 Å². The molecule has 0 aliphatic rings. The summed E-state index contributed by atoms with van der Waals surface area (Å²) in [5.74, 6) is -0.147. The van der Waals surface area contributed by atoms with Crippen LogP contribution in [0.5, 0.6) is 5.75 Å². The fourth-order valence-corrected chi connectivity index (χ4v) is 2.89. The summed E-state index contributed by atoms with van der Waals surface area (Å²) >= 11 is 0. The molecule has 0 unspecified atom stereocenters. The van der Waals surface area contributed by atoms with Crippen LogP contribution >= 0.6 is 0 Å². The molecule has 1 atom stereocenters. The number of para-hydroxylation sites is 1. The first-order valence-corrected chi connectivity index (χ1v) is 9.14. The Morgan fingerprint density at radius 1 is 1.24 bits per heavy atom. The van der Waals surface area contributed by atoms with Crippen molar-refractivity contribution in [3.63, 3.8) is 0 Å².